The lowest BCUT2D eigenvalue weighted by atomic mass is 9.96. The maximum absolute atomic E-state index is 12.2. The summed E-state index contributed by atoms with van der Waals surface area (Å²) in [5, 5.41) is 3.06. The molecule has 104 valence electrons. The van der Waals surface area contributed by atoms with Crippen molar-refractivity contribution in [3.8, 4) is 0 Å². The molecular formula is C16H24N2O. The van der Waals surface area contributed by atoms with E-state index in [1.807, 2.05) is 12.1 Å². The summed E-state index contributed by atoms with van der Waals surface area (Å²) in [6.07, 6.45) is 1.93. The van der Waals surface area contributed by atoms with Gasteiger partial charge in [0.2, 0.25) is 5.91 Å². The van der Waals surface area contributed by atoms with Crippen molar-refractivity contribution in [3.05, 3.63) is 29.8 Å². The first-order valence-electron chi connectivity index (χ1n) is 7.15. The number of benzene rings is 1. The highest BCUT2D eigenvalue weighted by Gasteiger charge is 2.23. The van der Waals surface area contributed by atoms with Gasteiger partial charge in [-0.25, -0.2) is 0 Å². The van der Waals surface area contributed by atoms with E-state index < -0.39 is 0 Å². The monoisotopic (exact) mass is 260 g/mol. The molecule has 3 heteroatoms. The van der Waals surface area contributed by atoms with Gasteiger partial charge in [0.1, 0.15) is 0 Å². The molecule has 1 aromatic rings. The molecule has 1 fully saturated rings. The number of nitrogens with one attached hydrogen (secondary N) is 1. The SMILES string of the molecule is CC(C)c1cccc(NC(=O)C2CCN(C)CC2)c1. The van der Waals surface area contributed by atoms with Gasteiger partial charge in [0.05, 0.1) is 0 Å². The average molecular weight is 260 g/mol. The third kappa shape index (κ3) is 3.80. The molecule has 0 atom stereocenters. The van der Waals surface area contributed by atoms with E-state index in [1.54, 1.807) is 0 Å². The summed E-state index contributed by atoms with van der Waals surface area (Å²) in [4.78, 5) is 14.5. The largest absolute Gasteiger partial charge is 0.326 e. The molecule has 1 saturated heterocycles. The fourth-order valence-corrected chi connectivity index (χ4v) is 2.49. The normalized spacial score (nSPS) is 17.7. The van der Waals surface area contributed by atoms with Gasteiger partial charge in [0.15, 0.2) is 0 Å². The molecule has 0 bridgehead atoms. The Balaban J connectivity index is 1.97. The van der Waals surface area contributed by atoms with Crippen LogP contribution >= 0.6 is 0 Å². The predicted molar refractivity (Wildman–Crippen MR) is 79.4 cm³/mol. The maximum Gasteiger partial charge on any atom is 0.227 e. The van der Waals surface area contributed by atoms with Crippen LogP contribution in [0.2, 0.25) is 0 Å². The predicted octanol–water partition coefficient (Wildman–Crippen LogP) is 3.09. The summed E-state index contributed by atoms with van der Waals surface area (Å²) < 4.78 is 0. The van der Waals surface area contributed by atoms with Crippen molar-refractivity contribution in [2.75, 3.05) is 25.5 Å². The molecule has 19 heavy (non-hydrogen) atoms. The van der Waals surface area contributed by atoms with Gasteiger partial charge >= 0.3 is 0 Å². The second-order valence-corrected chi connectivity index (χ2v) is 5.85. The number of likely N-dealkylation sites (tertiary alicyclic amines) is 1. The summed E-state index contributed by atoms with van der Waals surface area (Å²) in [5.74, 6) is 0.827. The summed E-state index contributed by atoms with van der Waals surface area (Å²) in [5.41, 5.74) is 2.19. The molecule has 1 aromatic carbocycles. The van der Waals surface area contributed by atoms with Crippen molar-refractivity contribution in [1.29, 1.82) is 0 Å². The molecule has 1 amide bonds. The average Bonchev–Trinajstić information content (AvgIpc) is 2.39. The summed E-state index contributed by atoms with van der Waals surface area (Å²) in [7, 11) is 2.11. The minimum absolute atomic E-state index is 0.166. The van der Waals surface area contributed by atoms with E-state index in [4.69, 9.17) is 0 Å². The van der Waals surface area contributed by atoms with E-state index in [2.05, 4.69) is 43.2 Å². The van der Waals surface area contributed by atoms with Gasteiger partial charge < -0.3 is 10.2 Å². The van der Waals surface area contributed by atoms with Gasteiger partial charge in [-0.1, -0.05) is 26.0 Å². The third-order valence-corrected chi connectivity index (χ3v) is 3.91. The molecular weight excluding hydrogens is 236 g/mol. The van der Waals surface area contributed by atoms with Crippen LogP contribution in [-0.2, 0) is 4.79 Å². The zero-order valence-corrected chi connectivity index (χ0v) is 12.1. The van der Waals surface area contributed by atoms with Gasteiger partial charge in [-0.15, -0.1) is 0 Å². The minimum atomic E-state index is 0.166. The number of hydrogen-bond acceptors (Lipinski definition) is 2. The van der Waals surface area contributed by atoms with Crippen LogP contribution in [0.4, 0.5) is 5.69 Å². The standard InChI is InChI=1S/C16H24N2O/c1-12(2)14-5-4-6-15(11-14)17-16(19)13-7-9-18(3)10-8-13/h4-6,11-13H,7-10H2,1-3H3,(H,17,19). The van der Waals surface area contributed by atoms with E-state index in [0.717, 1.165) is 31.6 Å². The van der Waals surface area contributed by atoms with Crippen LogP contribution in [0.5, 0.6) is 0 Å². The molecule has 1 heterocycles. The Morgan fingerprint density at radius 3 is 2.63 bits per heavy atom. The number of carbonyl (C=O) groups excluding carboxylic acids is 1. The first-order chi connectivity index (χ1) is 9.06. The van der Waals surface area contributed by atoms with Gasteiger partial charge in [0, 0.05) is 11.6 Å². The highest BCUT2D eigenvalue weighted by molar-refractivity contribution is 5.92. The topological polar surface area (TPSA) is 32.3 Å². The van der Waals surface area contributed by atoms with Gasteiger partial charge in [-0.3, -0.25) is 4.79 Å². The van der Waals surface area contributed by atoms with Gasteiger partial charge in [0.25, 0.3) is 0 Å². The number of rotatable bonds is 3. The van der Waals surface area contributed by atoms with Crippen molar-refractivity contribution in [2.24, 2.45) is 5.92 Å². The zero-order valence-electron chi connectivity index (χ0n) is 12.1. The third-order valence-electron chi connectivity index (χ3n) is 3.91. The fraction of sp³-hybridized carbons (Fsp3) is 0.562. The van der Waals surface area contributed by atoms with Crippen molar-refractivity contribution in [1.82, 2.24) is 4.90 Å². The Hall–Kier alpha value is -1.35. The lowest BCUT2D eigenvalue weighted by Crippen LogP contribution is -2.35. The fourth-order valence-electron chi connectivity index (χ4n) is 2.49. The lowest BCUT2D eigenvalue weighted by Gasteiger charge is -2.28. The summed E-state index contributed by atoms with van der Waals surface area (Å²) in [6.45, 7) is 6.37. The van der Waals surface area contributed by atoms with Crippen molar-refractivity contribution in [2.45, 2.75) is 32.6 Å². The Bertz CT molecular complexity index is 434. The first kappa shape index (κ1) is 14.1. The molecule has 2 rings (SSSR count). The van der Waals surface area contributed by atoms with E-state index in [0.29, 0.717) is 5.92 Å². The molecule has 0 unspecified atom stereocenters. The molecule has 1 aliphatic rings. The molecule has 0 radical (unpaired) electrons. The molecule has 0 spiro atoms. The van der Waals surface area contributed by atoms with Crippen molar-refractivity contribution < 1.29 is 4.79 Å². The van der Waals surface area contributed by atoms with Crippen LogP contribution < -0.4 is 5.32 Å². The van der Waals surface area contributed by atoms with Crippen molar-refractivity contribution in [3.63, 3.8) is 0 Å². The van der Waals surface area contributed by atoms with Crippen LogP contribution in [0.3, 0.4) is 0 Å². The second kappa shape index (κ2) is 6.20. The van der Waals surface area contributed by atoms with E-state index >= 15 is 0 Å². The number of hydrogen-bond donors (Lipinski definition) is 1. The summed E-state index contributed by atoms with van der Waals surface area (Å²) >= 11 is 0. The molecule has 3 nitrogen and oxygen atoms in total. The number of anilines is 1. The Morgan fingerprint density at radius 1 is 1.32 bits per heavy atom. The Kier molecular flexibility index (Phi) is 4.59. The second-order valence-electron chi connectivity index (χ2n) is 5.85. The van der Waals surface area contributed by atoms with Crippen molar-refractivity contribution >= 4 is 11.6 Å². The Morgan fingerprint density at radius 2 is 2.00 bits per heavy atom. The minimum Gasteiger partial charge on any atom is -0.326 e. The number of piperidine rings is 1. The van der Waals surface area contributed by atoms with E-state index in [-0.39, 0.29) is 11.8 Å². The number of carbonyl (C=O) groups is 1. The molecule has 1 N–H and O–H groups in total. The summed E-state index contributed by atoms with van der Waals surface area (Å²) in [6, 6.07) is 8.17. The van der Waals surface area contributed by atoms with Crippen LogP contribution in [0, 0.1) is 5.92 Å². The lowest BCUT2D eigenvalue weighted by molar-refractivity contribution is -0.121. The zero-order chi connectivity index (χ0) is 13.8. The molecule has 0 aliphatic carbocycles. The molecule has 0 saturated carbocycles. The number of amides is 1. The van der Waals surface area contributed by atoms with E-state index in [1.165, 1.54) is 5.56 Å². The highest BCUT2D eigenvalue weighted by Crippen LogP contribution is 2.21. The smallest absolute Gasteiger partial charge is 0.227 e. The maximum atomic E-state index is 12.2. The molecule has 1 aliphatic heterocycles. The van der Waals surface area contributed by atoms with Gasteiger partial charge in [-0.2, -0.15) is 0 Å². The molecule has 0 aromatic heterocycles. The van der Waals surface area contributed by atoms with Crippen LogP contribution in [0.25, 0.3) is 0 Å². The quantitative estimate of drug-likeness (QED) is 0.905. The van der Waals surface area contributed by atoms with Gasteiger partial charge in [-0.05, 0) is 56.6 Å². The van der Waals surface area contributed by atoms with Crippen LogP contribution in [0.15, 0.2) is 24.3 Å². The Labute approximate surface area is 116 Å². The van der Waals surface area contributed by atoms with E-state index in [9.17, 15) is 4.79 Å². The first-order valence-corrected chi connectivity index (χ1v) is 7.15. The highest BCUT2D eigenvalue weighted by atomic mass is 16.1. The number of nitrogens with zero attached hydrogens (tertiary/aromatic N) is 1. The van der Waals surface area contributed by atoms with Crippen LogP contribution in [-0.4, -0.2) is 30.9 Å². The van der Waals surface area contributed by atoms with Crippen LogP contribution in [0.1, 0.15) is 38.2 Å².